The van der Waals surface area contributed by atoms with E-state index in [1.165, 1.54) is 10.5 Å². The summed E-state index contributed by atoms with van der Waals surface area (Å²) in [5, 5.41) is 14.1. The lowest BCUT2D eigenvalue weighted by Gasteiger charge is -2.35. The van der Waals surface area contributed by atoms with Crippen LogP contribution < -0.4 is 5.32 Å². The van der Waals surface area contributed by atoms with E-state index in [-0.39, 0.29) is 25.1 Å². The van der Waals surface area contributed by atoms with E-state index in [4.69, 9.17) is 11.6 Å². The Morgan fingerprint density at radius 2 is 1.75 bits per heavy atom. The number of piperazine rings is 1. The molecule has 3 rings (SSSR count). The van der Waals surface area contributed by atoms with Crippen LogP contribution in [0.25, 0.3) is 0 Å². The summed E-state index contributed by atoms with van der Waals surface area (Å²) in [6.45, 7) is 4.01. The molecule has 2 N–H and O–H groups in total. The number of hydrogen-bond donors (Lipinski definition) is 2. The Morgan fingerprint density at radius 3 is 2.42 bits per heavy atom. The Morgan fingerprint density at radius 1 is 1.08 bits per heavy atom. The molecule has 0 saturated carbocycles. The third-order valence-electron chi connectivity index (χ3n) is 4.08. The van der Waals surface area contributed by atoms with Gasteiger partial charge in [0.25, 0.3) is 0 Å². The molecule has 1 saturated heterocycles. The maximum absolute atomic E-state index is 9.97. The van der Waals surface area contributed by atoms with Crippen molar-refractivity contribution < 1.29 is 5.11 Å². The minimum atomic E-state index is 0. The van der Waals surface area contributed by atoms with Crippen molar-refractivity contribution >= 4 is 35.8 Å². The molecule has 0 radical (unpaired) electrons. The summed E-state index contributed by atoms with van der Waals surface area (Å²) >= 11 is 7.68. The van der Waals surface area contributed by atoms with Crippen LogP contribution in [0.1, 0.15) is 11.6 Å². The van der Waals surface area contributed by atoms with E-state index >= 15 is 0 Å². The Hall–Kier alpha value is -0.750. The van der Waals surface area contributed by atoms with E-state index in [1.807, 2.05) is 36.4 Å². The van der Waals surface area contributed by atoms with Crippen molar-refractivity contribution in [2.45, 2.75) is 15.8 Å². The second-order valence-corrected chi connectivity index (χ2v) is 7.13. The predicted octanol–water partition coefficient (Wildman–Crippen LogP) is 3.85. The fourth-order valence-corrected chi connectivity index (χ4v) is 4.00. The molecule has 0 bridgehead atoms. The molecule has 1 atom stereocenters. The first-order chi connectivity index (χ1) is 11.3. The van der Waals surface area contributed by atoms with Crippen LogP contribution in [0, 0.1) is 0 Å². The fraction of sp³-hybridized carbons (Fsp3) is 0.333. The molecule has 0 unspecified atom stereocenters. The van der Waals surface area contributed by atoms with E-state index < -0.39 is 0 Å². The van der Waals surface area contributed by atoms with Gasteiger partial charge in [-0.1, -0.05) is 41.6 Å². The highest BCUT2D eigenvalue weighted by Gasteiger charge is 2.23. The molecule has 1 aliphatic heterocycles. The molecule has 3 nitrogen and oxygen atoms in total. The molecule has 130 valence electrons. The summed E-state index contributed by atoms with van der Waals surface area (Å²) in [5.41, 5.74) is 1.19. The quantitative estimate of drug-likeness (QED) is 0.820. The van der Waals surface area contributed by atoms with Gasteiger partial charge in [-0.25, -0.2) is 0 Å². The number of aliphatic hydroxyl groups is 1. The first-order valence-electron chi connectivity index (χ1n) is 7.86. The lowest BCUT2D eigenvalue weighted by Crippen LogP contribution is -2.46. The molecule has 1 aliphatic rings. The summed E-state index contributed by atoms with van der Waals surface area (Å²) in [5.74, 6) is 0. The van der Waals surface area contributed by atoms with E-state index in [2.05, 4.69) is 22.3 Å². The SMILES string of the molecule is Cl.OC[C@@H](c1ccccc1Sc1ccc(Cl)cc1)N1CCNCC1. The summed E-state index contributed by atoms with van der Waals surface area (Å²) in [6, 6.07) is 16.3. The number of benzene rings is 2. The highest BCUT2D eigenvalue weighted by atomic mass is 35.5. The molecule has 2 aromatic rings. The Bertz CT molecular complexity index is 633. The van der Waals surface area contributed by atoms with E-state index in [0.717, 1.165) is 36.1 Å². The van der Waals surface area contributed by atoms with Crippen molar-refractivity contribution in [3.63, 3.8) is 0 Å². The second kappa shape index (κ2) is 9.66. The molecular formula is C18H22Cl2N2OS. The van der Waals surface area contributed by atoms with Gasteiger partial charge in [-0.15, -0.1) is 12.4 Å². The topological polar surface area (TPSA) is 35.5 Å². The molecule has 0 aliphatic carbocycles. The number of hydrogen-bond acceptors (Lipinski definition) is 4. The third-order valence-corrected chi connectivity index (χ3v) is 5.44. The van der Waals surface area contributed by atoms with Crippen LogP contribution in [-0.2, 0) is 0 Å². The Balaban J connectivity index is 0.00000208. The molecule has 1 fully saturated rings. The zero-order valence-corrected chi connectivity index (χ0v) is 15.7. The number of aliphatic hydroxyl groups excluding tert-OH is 1. The Kier molecular flexibility index (Phi) is 7.88. The van der Waals surface area contributed by atoms with Crippen LogP contribution in [-0.4, -0.2) is 42.8 Å². The van der Waals surface area contributed by atoms with Crippen molar-refractivity contribution in [3.8, 4) is 0 Å². The summed E-state index contributed by atoms with van der Waals surface area (Å²) in [4.78, 5) is 4.70. The third kappa shape index (κ3) is 4.88. The first-order valence-corrected chi connectivity index (χ1v) is 9.05. The number of halogens is 2. The lowest BCUT2D eigenvalue weighted by atomic mass is 10.1. The van der Waals surface area contributed by atoms with Crippen LogP contribution in [0.3, 0.4) is 0 Å². The van der Waals surface area contributed by atoms with Gasteiger partial charge in [0.15, 0.2) is 0 Å². The molecular weight excluding hydrogens is 363 g/mol. The highest BCUT2D eigenvalue weighted by molar-refractivity contribution is 7.99. The predicted molar refractivity (Wildman–Crippen MR) is 104 cm³/mol. The van der Waals surface area contributed by atoms with Crippen molar-refractivity contribution in [3.05, 3.63) is 59.1 Å². The first kappa shape index (κ1) is 19.6. The van der Waals surface area contributed by atoms with Crippen LogP contribution in [0.4, 0.5) is 0 Å². The molecule has 1 heterocycles. The van der Waals surface area contributed by atoms with Crippen molar-refractivity contribution in [1.29, 1.82) is 0 Å². The van der Waals surface area contributed by atoms with E-state index in [1.54, 1.807) is 11.8 Å². The minimum Gasteiger partial charge on any atom is -0.394 e. The smallest absolute Gasteiger partial charge is 0.0629 e. The fourth-order valence-electron chi connectivity index (χ4n) is 2.88. The maximum atomic E-state index is 9.97. The van der Waals surface area contributed by atoms with Crippen molar-refractivity contribution in [1.82, 2.24) is 10.2 Å². The van der Waals surface area contributed by atoms with Crippen LogP contribution in [0.5, 0.6) is 0 Å². The molecule has 24 heavy (non-hydrogen) atoms. The van der Waals surface area contributed by atoms with Gasteiger partial charge in [0.05, 0.1) is 12.6 Å². The van der Waals surface area contributed by atoms with Crippen molar-refractivity contribution in [2.24, 2.45) is 0 Å². The van der Waals surface area contributed by atoms with Crippen LogP contribution >= 0.6 is 35.8 Å². The van der Waals surface area contributed by atoms with E-state index in [9.17, 15) is 5.11 Å². The monoisotopic (exact) mass is 384 g/mol. The molecule has 0 spiro atoms. The van der Waals surface area contributed by atoms with Gasteiger partial charge >= 0.3 is 0 Å². The van der Waals surface area contributed by atoms with Gasteiger partial charge in [0.2, 0.25) is 0 Å². The summed E-state index contributed by atoms with van der Waals surface area (Å²) in [7, 11) is 0. The lowest BCUT2D eigenvalue weighted by molar-refractivity contribution is 0.109. The van der Waals surface area contributed by atoms with E-state index in [0.29, 0.717) is 0 Å². The zero-order chi connectivity index (χ0) is 16.1. The maximum Gasteiger partial charge on any atom is 0.0629 e. The van der Waals surface area contributed by atoms with Gasteiger partial charge in [0.1, 0.15) is 0 Å². The minimum absolute atomic E-state index is 0. The summed E-state index contributed by atoms with van der Waals surface area (Å²) in [6.07, 6.45) is 0. The standard InChI is InChI=1S/C18H21ClN2OS.ClH/c19-14-5-7-15(8-6-14)23-18-4-2-1-3-16(18)17(13-22)21-11-9-20-10-12-21;/h1-8,17,20,22H,9-13H2;1H/t17-;/m0./s1. The van der Waals surface area contributed by atoms with Gasteiger partial charge < -0.3 is 10.4 Å². The van der Waals surface area contributed by atoms with Crippen molar-refractivity contribution in [2.75, 3.05) is 32.8 Å². The second-order valence-electron chi connectivity index (χ2n) is 5.58. The summed E-state index contributed by atoms with van der Waals surface area (Å²) < 4.78 is 0. The van der Waals surface area contributed by atoms with Gasteiger partial charge in [-0.2, -0.15) is 0 Å². The Labute approximate surface area is 158 Å². The van der Waals surface area contributed by atoms with Crippen LogP contribution in [0.2, 0.25) is 5.02 Å². The number of nitrogens with one attached hydrogen (secondary N) is 1. The number of nitrogens with zero attached hydrogens (tertiary/aromatic N) is 1. The van der Waals surface area contributed by atoms with Gasteiger partial charge in [0, 0.05) is 41.0 Å². The highest BCUT2D eigenvalue weighted by Crippen LogP contribution is 2.35. The molecule has 0 aromatic heterocycles. The number of rotatable bonds is 5. The average molecular weight is 385 g/mol. The van der Waals surface area contributed by atoms with Gasteiger partial charge in [-0.05, 0) is 35.9 Å². The zero-order valence-electron chi connectivity index (χ0n) is 13.3. The average Bonchev–Trinajstić information content (AvgIpc) is 2.60. The van der Waals surface area contributed by atoms with Crippen LogP contribution in [0.15, 0.2) is 58.3 Å². The van der Waals surface area contributed by atoms with Gasteiger partial charge in [-0.3, -0.25) is 4.90 Å². The molecule has 2 aromatic carbocycles. The molecule has 6 heteroatoms. The normalized spacial score (nSPS) is 16.4. The molecule has 0 amide bonds. The largest absolute Gasteiger partial charge is 0.394 e.